The van der Waals surface area contributed by atoms with Gasteiger partial charge in [-0.15, -0.1) is 0 Å². The molecule has 0 unspecified atom stereocenters. The van der Waals surface area contributed by atoms with Gasteiger partial charge in [-0.3, -0.25) is 4.98 Å². The SMILES string of the molecule is CN(C)Cc1cccc(Nc2ccnc3cc(Cl)ccc23)c1. The number of aromatic nitrogens is 1. The van der Waals surface area contributed by atoms with E-state index in [1.807, 2.05) is 24.3 Å². The number of hydrogen-bond acceptors (Lipinski definition) is 3. The highest BCUT2D eigenvalue weighted by molar-refractivity contribution is 6.31. The Labute approximate surface area is 135 Å². The minimum atomic E-state index is 0.699. The molecule has 0 radical (unpaired) electrons. The van der Waals surface area contributed by atoms with Crippen LogP contribution in [0.1, 0.15) is 5.56 Å². The predicted molar refractivity (Wildman–Crippen MR) is 93.9 cm³/mol. The van der Waals surface area contributed by atoms with Crippen molar-refractivity contribution in [1.29, 1.82) is 0 Å². The Hall–Kier alpha value is -2.10. The first kappa shape index (κ1) is 14.8. The molecule has 112 valence electrons. The fourth-order valence-electron chi connectivity index (χ4n) is 2.50. The van der Waals surface area contributed by atoms with Gasteiger partial charge in [-0.2, -0.15) is 0 Å². The second-order valence-electron chi connectivity index (χ2n) is 5.58. The van der Waals surface area contributed by atoms with E-state index in [0.29, 0.717) is 5.02 Å². The van der Waals surface area contributed by atoms with Crippen molar-refractivity contribution in [3.05, 3.63) is 65.3 Å². The Bertz CT molecular complexity index is 799. The lowest BCUT2D eigenvalue weighted by Gasteiger charge is -2.13. The predicted octanol–water partition coefficient (Wildman–Crippen LogP) is 4.69. The third-order valence-corrected chi connectivity index (χ3v) is 3.64. The molecular weight excluding hydrogens is 294 g/mol. The molecule has 3 rings (SSSR count). The summed E-state index contributed by atoms with van der Waals surface area (Å²) in [4.78, 5) is 6.53. The van der Waals surface area contributed by atoms with Gasteiger partial charge in [0.25, 0.3) is 0 Å². The monoisotopic (exact) mass is 311 g/mol. The van der Waals surface area contributed by atoms with E-state index in [-0.39, 0.29) is 0 Å². The van der Waals surface area contributed by atoms with Gasteiger partial charge in [0.2, 0.25) is 0 Å². The minimum Gasteiger partial charge on any atom is -0.355 e. The van der Waals surface area contributed by atoms with Crippen LogP contribution in [0, 0.1) is 0 Å². The van der Waals surface area contributed by atoms with Crippen LogP contribution in [0.15, 0.2) is 54.7 Å². The minimum absolute atomic E-state index is 0.699. The number of fused-ring (bicyclic) bond motifs is 1. The van der Waals surface area contributed by atoms with Gasteiger partial charge in [0.05, 0.1) is 5.52 Å². The standard InChI is InChI=1S/C18H18ClN3/c1-22(2)12-13-4-3-5-15(10-13)21-17-8-9-20-18-11-14(19)6-7-16(17)18/h3-11H,12H2,1-2H3,(H,20,21). The highest BCUT2D eigenvalue weighted by Crippen LogP contribution is 2.27. The van der Waals surface area contributed by atoms with Crippen molar-refractivity contribution in [2.45, 2.75) is 6.54 Å². The van der Waals surface area contributed by atoms with Crippen LogP contribution in [0.3, 0.4) is 0 Å². The van der Waals surface area contributed by atoms with Crippen LogP contribution in [0.5, 0.6) is 0 Å². The Morgan fingerprint density at radius 1 is 1.09 bits per heavy atom. The van der Waals surface area contributed by atoms with E-state index in [0.717, 1.165) is 28.8 Å². The first-order valence-electron chi connectivity index (χ1n) is 7.17. The number of pyridine rings is 1. The van der Waals surface area contributed by atoms with Crippen molar-refractivity contribution in [3.8, 4) is 0 Å². The van der Waals surface area contributed by atoms with Gasteiger partial charge < -0.3 is 10.2 Å². The Morgan fingerprint density at radius 2 is 1.95 bits per heavy atom. The number of benzene rings is 2. The molecule has 0 saturated heterocycles. The molecule has 0 bridgehead atoms. The summed E-state index contributed by atoms with van der Waals surface area (Å²) in [6.45, 7) is 0.919. The van der Waals surface area contributed by atoms with E-state index in [4.69, 9.17) is 11.6 Å². The van der Waals surface area contributed by atoms with Crippen LogP contribution in [0.2, 0.25) is 5.02 Å². The summed E-state index contributed by atoms with van der Waals surface area (Å²) in [6.07, 6.45) is 1.80. The Kier molecular flexibility index (Phi) is 4.27. The van der Waals surface area contributed by atoms with E-state index >= 15 is 0 Å². The van der Waals surface area contributed by atoms with Crippen LogP contribution in [0.4, 0.5) is 11.4 Å². The molecule has 1 aromatic heterocycles. The summed E-state index contributed by atoms with van der Waals surface area (Å²) in [7, 11) is 4.14. The fraction of sp³-hybridized carbons (Fsp3) is 0.167. The Morgan fingerprint density at radius 3 is 2.77 bits per heavy atom. The summed E-state index contributed by atoms with van der Waals surface area (Å²) in [5.41, 5.74) is 4.27. The molecule has 0 atom stereocenters. The molecule has 1 heterocycles. The topological polar surface area (TPSA) is 28.2 Å². The number of nitrogens with zero attached hydrogens (tertiary/aromatic N) is 2. The van der Waals surface area contributed by atoms with Crippen molar-refractivity contribution >= 4 is 33.9 Å². The van der Waals surface area contributed by atoms with E-state index < -0.39 is 0 Å². The highest BCUT2D eigenvalue weighted by Gasteiger charge is 2.04. The largest absolute Gasteiger partial charge is 0.355 e. The lowest BCUT2D eigenvalue weighted by atomic mass is 10.1. The van der Waals surface area contributed by atoms with Gasteiger partial charge in [-0.05, 0) is 56.1 Å². The maximum absolute atomic E-state index is 6.04. The second-order valence-corrected chi connectivity index (χ2v) is 6.02. The third kappa shape index (κ3) is 3.38. The van der Waals surface area contributed by atoms with Crippen molar-refractivity contribution < 1.29 is 0 Å². The average Bonchev–Trinajstić information content (AvgIpc) is 2.47. The van der Waals surface area contributed by atoms with E-state index in [1.54, 1.807) is 6.20 Å². The van der Waals surface area contributed by atoms with Gasteiger partial charge >= 0.3 is 0 Å². The molecule has 22 heavy (non-hydrogen) atoms. The second kappa shape index (κ2) is 6.34. The van der Waals surface area contributed by atoms with Crippen molar-refractivity contribution in [2.24, 2.45) is 0 Å². The maximum Gasteiger partial charge on any atom is 0.0737 e. The smallest absolute Gasteiger partial charge is 0.0737 e. The zero-order valence-electron chi connectivity index (χ0n) is 12.7. The van der Waals surface area contributed by atoms with Gasteiger partial charge in [-0.1, -0.05) is 23.7 Å². The number of nitrogens with one attached hydrogen (secondary N) is 1. The number of hydrogen-bond donors (Lipinski definition) is 1. The number of halogens is 1. The van der Waals surface area contributed by atoms with E-state index in [1.165, 1.54) is 5.56 Å². The molecule has 0 aliphatic heterocycles. The fourth-order valence-corrected chi connectivity index (χ4v) is 2.66. The van der Waals surface area contributed by atoms with Gasteiger partial charge in [0.15, 0.2) is 0 Å². The van der Waals surface area contributed by atoms with Gasteiger partial charge in [0.1, 0.15) is 0 Å². The van der Waals surface area contributed by atoms with E-state index in [2.05, 4.69) is 53.6 Å². The van der Waals surface area contributed by atoms with Crippen LogP contribution in [0.25, 0.3) is 10.9 Å². The van der Waals surface area contributed by atoms with Crippen LogP contribution < -0.4 is 5.32 Å². The maximum atomic E-state index is 6.04. The quantitative estimate of drug-likeness (QED) is 0.757. The molecule has 3 nitrogen and oxygen atoms in total. The van der Waals surface area contributed by atoms with Crippen LogP contribution >= 0.6 is 11.6 Å². The molecule has 0 saturated carbocycles. The lowest BCUT2D eigenvalue weighted by molar-refractivity contribution is 0.402. The van der Waals surface area contributed by atoms with Gasteiger partial charge in [0, 0.05) is 34.5 Å². The molecule has 2 aromatic carbocycles. The molecule has 4 heteroatoms. The molecular formula is C18H18ClN3. The van der Waals surface area contributed by atoms with Crippen molar-refractivity contribution in [1.82, 2.24) is 9.88 Å². The highest BCUT2D eigenvalue weighted by atomic mass is 35.5. The normalized spacial score (nSPS) is 11.1. The lowest BCUT2D eigenvalue weighted by Crippen LogP contribution is -2.10. The Balaban J connectivity index is 1.93. The molecule has 0 spiro atoms. The zero-order valence-corrected chi connectivity index (χ0v) is 13.4. The first-order chi connectivity index (χ1) is 10.6. The average molecular weight is 312 g/mol. The summed E-state index contributed by atoms with van der Waals surface area (Å²) in [6, 6.07) is 16.2. The molecule has 0 aliphatic carbocycles. The number of rotatable bonds is 4. The third-order valence-electron chi connectivity index (χ3n) is 3.41. The molecule has 0 amide bonds. The summed E-state index contributed by atoms with van der Waals surface area (Å²) >= 11 is 6.04. The molecule has 0 fully saturated rings. The van der Waals surface area contributed by atoms with Crippen LogP contribution in [-0.2, 0) is 6.54 Å². The first-order valence-corrected chi connectivity index (χ1v) is 7.54. The zero-order chi connectivity index (χ0) is 15.5. The molecule has 0 aliphatic rings. The molecule has 1 N–H and O–H groups in total. The van der Waals surface area contributed by atoms with Crippen LogP contribution in [-0.4, -0.2) is 24.0 Å². The molecule has 3 aromatic rings. The summed E-state index contributed by atoms with van der Waals surface area (Å²) in [5.74, 6) is 0. The van der Waals surface area contributed by atoms with Crippen molar-refractivity contribution in [2.75, 3.05) is 19.4 Å². The van der Waals surface area contributed by atoms with E-state index in [9.17, 15) is 0 Å². The summed E-state index contributed by atoms with van der Waals surface area (Å²) < 4.78 is 0. The van der Waals surface area contributed by atoms with Crippen molar-refractivity contribution in [3.63, 3.8) is 0 Å². The summed E-state index contributed by atoms with van der Waals surface area (Å²) in [5, 5.41) is 5.24. The van der Waals surface area contributed by atoms with Gasteiger partial charge in [-0.25, -0.2) is 0 Å². The number of anilines is 2.